The molecule has 18 heavy (non-hydrogen) atoms. The van der Waals surface area contributed by atoms with Crippen molar-refractivity contribution in [3.63, 3.8) is 0 Å². The molecule has 2 aliphatic heterocycles. The molecule has 2 rings (SSSR count). The minimum Gasteiger partial charge on any atom is -0.316 e. The summed E-state index contributed by atoms with van der Waals surface area (Å²) in [4.78, 5) is 5.30. The third kappa shape index (κ3) is 3.69. The molecule has 3 unspecified atom stereocenters. The molecular formula is C15H31N3. The van der Waals surface area contributed by atoms with Gasteiger partial charge >= 0.3 is 0 Å². The Morgan fingerprint density at radius 1 is 1.39 bits per heavy atom. The van der Waals surface area contributed by atoms with Crippen molar-refractivity contribution in [1.82, 2.24) is 15.1 Å². The van der Waals surface area contributed by atoms with Crippen molar-refractivity contribution in [3.05, 3.63) is 0 Å². The van der Waals surface area contributed by atoms with Crippen molar-refractivity contribution in [2.24, 2.45) is 5.92 Å². The van der Waals surface area contributed by atoms with Crippen LogP contribution >= 0.6 is 0 Å². The first-order valence-corrected chi connectivity index (χ1v) is 7.85. The maximum Gasteiger partial charge on any atom is 0.0238 e. The van der Waals surface area contributed by atoms with Gasteiger partial charge in [0.25, 0.3) is 0 Å². The Bertz CT molecular complexity index is 228. The van der Waals surface area contributed by atoms with Crippen LogP contribution in [0.15, 0.2) is 0 Å². The highest BCUT2D eigenvalue weighted by molar-refractivity contribution is 4.88. The number of hydrogen-bond donors (Lipinski definition) is 1. The van der Waals surface area contributed by atoms with Gasteiger partial charge in [0.1, 0.15) is 0 Å². The molecule has 2 fully saturated rings. The summed E-state index contributed by atoms with van der Waals surface area (Å²) in [6, 6.07) is 1.56. The fourth-order valence-electron chi connectivity index (χ4n) is 3.55. The lowest BCUT2D eigenvalue weighted by atomic mass is 9.98. The molecule has 1 N–H and O–H groups in total. The van der Waals surface area contributed by atoms with Crippen molar-refractivity contribution in [3.8, 4) is 0 Å². The van der Waals surface area contributed by atoms with Gasteiger partial charge in [0.05, 0.1) is 0 Å². The van der Waals surface area contributed by atoms with Crippen LogP contribution in [0, 0.1) is 5.92 Å². The number of piperidine rings is 1. The van der Waals surface area contributed by atoms with Gasteiger partial charge in [0.15, 0.2) is 0 Å². The van der Waals surface area contributed by atoms with E-state index in [1.54, 1.807) is 0 Å². The molecule has 106 valence electrons. The van der Waals surface area contributed by atoms with Gasteiger partial charge in [0.2, 0.25) is 0 Å². The third-order valence-electron chi connectivity index (χ3n) is 4.78. The summed E-state index contributed by atoms with van der Waals surface area (Å²) in [5.41, 5.74) is 0. The van der Waals surface area contributed by atoms with Gasteiger partial charge in [-0.3, -0.25) is 4.90 Å². The summed E-state index contributed by atoms with van der Waals surface area (Å²) in [5, 5.41) is 3.55. The van der Waals surface area contributed by atoms with Gasteiger partial charge in [-0.1, -0.05) is 6.92 Å². The van der Waals surface area contributed by atoms with E-state index < -0.39 is 0 Å². The molecule has 0 spiro atoms. The lowest BCUT2D eigenvalue weighted by Gasteiger charge is -2.34. The number of likely N-dealkylation sites (tertiary alicyclic amines) is 1. The SMILES string of the molecule is CCCN(CC1CCCNC1)C1CC(C)N(C)C1. The second-order valence-electron chi connectivity index (χ2n) is 6.39. The largest absolute Gasteiger partial charge is 0.316 e. The van der Waals surface area contributed by atoms with E-state index >= 15 is 0 Å². The Morgan fingerprint density at radius 3 is 2.78 bits per heavy atom. The molecular weight excluding hydrogens is 222 g/mol. The van der Waals surface area contributed by atoms with Crippen LogP contribution in [0.3, 0.4) is 0 Å². The maximum absolute atomic E-state index is 3.55. The van der Waals surface area contributed by atoms with E-state index in [2.05, 4.69) is 36.0 Å². The van der Waals surface area contributed by atoms with Crippen molar-refractivity contribution in [2.75, 3.05) is 39.8 Å². The first-order valence-electron chi connectivity index (χ1n) is 7.85. The zero-order valence-electron chi connectivity index (χ0n) is 12.5. The molecule has 0 saturated carbocycles. The molecule has 3 atom stereocenters. The van der Waals surface area contributed by atoms with Crippen LogP contribution in [0.1, 0.15) is 39.5 Å². The van der Waals surface area contributed by atoms with Crippen LogP contribution in [0.2, 0.25) is 0 Å². The van der Waals surface area contributed by atoms with E-state index in [-0.39, 0.29) is 0 Å². The van der Waals surface area contributed by atoms with E-state index in [1.165, 1.54) is 58.4 Å². The zero-order chi connectivity index (χ0) is 13.0. The lowest BCUT2D eigenvalue weighted by molar-refractivity contribution is 0.155. The van der Waals surface area contributed by atoms with Crippen molar-refractivity contribution in [2.45, 2.75) is 51.6 Å². The van der Waals surface area contributed by atoms with Gasteiger partial charge in [-0.25, -0.2) is 0 Å². The number of rotatable bonds is 5. The van der Waals surface area contributed by atoms with E-state index in [4.69, 9.17) is 0 Å². The Morgan fingerprint density at radius 2 is 2.22 bits per heavy atom. The number of hydrogen-bond acceptors (Lipinski definition) is 3. The van der Waals surface area contributed by atoms with Crippen LogP contribution in [0.25, 0.3) is 0 Å². The number of likely N-dealkylation sites (N-methyl/N-ethyl adjacent to an activating group) is 1. The number of nitrogens with one attached hydrogen (secondary N) is 1. The smallest absolute Gasteiger partial charge is 0.0238 e. The average Bonchev–Trinajstić information content (AvgIpc) is 2.70. The van der Waals surface area contributed by atoms with E-state index in [0.29, 0.717) is 0 Å². The van der Waals surface area contributed by atoms with Crippen LogP contribution in [0.4, 0.5) is 0 Å². The van der Waals surface area contributed by atoms with Crippen LogP contribution in [0.5, 0.6) is 0 Å². The summed E-state index contributed by atoms with van der Waals surface area (Å²) in [6.45, 7) is 11.0. The highest BCUT2D eigenvalue weighted by Crippen LogP contribution is 2.22. The Hall–Kier alpha value is -0.120. The molecule has 0 radical (unpaired) electrons. The second-order valence-corrected chi connectivity index (χ2v) is 6.39. The summed E-state index contributed by atoms with van der Waals surface area (Å²) in [6.07, 6.45) is 5.43. The monoisotopic (exact) mass is 253 g/mol. The van der Waals surface area contributed by atoms with Crippen LogP contribution < -0.4 is 5.32 Å². The number of nitrogens with zero attached hydrogens (tertiary/aromatic N) is 2. The minimum absolute atomic E-state index is 0.763. The Balaban J connectivity index is 1.86. The lowest BCUT2D eigenvalue weighted by Crippen LogP contribution is -2.44. The fourth-order valence-corrected chi connectivity index (χ4v) is 3.55. The van der Waals surface area contributed by atoms with Gasteiger partial charge in [0, 0.05) is 25.2 Å². The summed E-state index contributed by atoms with van der Waals surface area (Å²) in [7, 11) is 2.27. The van der Waals surface area contributed by atoms with Gasteiger partial charge in [-0.2, -0.15) is 0 Å². The van der Waals surface area contributed by atoms with Crippen LogP contribution in [-0.4, -0.2) is 61.7 Å². The van der Waals surface area contributed by atoms with Crippen molar-refractivity contribution in [1.29, 1.82) is 0 Å². The summed E-state index contributed by atoms with van der Waals surface area (Å²) in [5.74, 6) is 0.881. The fraction of sp³-hybridized carbons (Fsp3) is 1.00. The third-order valence-corrected chi connectivity index (χ3v) is 4.78. The van der Waals surface area contributed by atoms with E-state index in [1.807, 2.05) is 0 Å². The minimum atomic E-state index is 0.763. The quantitative estimate of drug-likeness (QED) is 0.806. The molecule has 0 aromatic heterocycles. The molecule has 3 heteroatoms. The first kappa shape index (κ1) is 14.3. The highest BCUT2D eigenvalue weighted by atomic mass is 15.3. The Kier molecular flexibility index (Phi) is 5.46. The van der Waals surface area contributed by atoms with Crippen LogP contribution in [-0.2, 0) is 0 Å². The molecule has 0 amide bonds. The molecule has 0 aliphatic carbocycles. The van der Waals surface area contributed by atoms with E-state index in [0.717, 1.165) is 18.0 Å². The average molecular weight is 253 g/mol. The second kappa shape index (κ2) is 6.88. The first-order chi connectivity index (χ1) is 8.70. The standard InChI is InChI=1S/C15H31N3/c1-4-8-18(11-14-6-5-7-16-10-14)15-9-13(2)17(3)12-15/h13-16H,4-12H2,1-3H3. The molecule has 0 aromatic rings. The van der Waals surface area contributed by atoms with Gasteiger partial charge in [-0.05, 0) is 65.2 Å². The molecule has 2 aliphatic rings. The Labute approximate surface area is 113 Å². The van der Waals surface area contributed by atoms with Gasteiger partial charge in [-0.15, -0.1) is 0 Å². The predicted molar refractivity (Wildman–Crippen MR) is 78.0 cm³/mol. The zero-order valence-corrected chi connectivity index (χ0v) is 12.5. The summed E-state index contributed by atoms with van der Waals surface area (Å²) >= 11 is 0. The topological polar surface area (TPSA) is 18.5 Å². The predicted octanol–water partition coefficient (Wildman–Crippen LogP) is 1.79. The molecule has 0 bridgehead atoms. The molecule has 3 nitrogen and oxygen atoms in total. The normalized spacial score (nSPS) is 34.3. The highest BCUT2D eigenvalue weighted by Gasteiger charge is 2.31. The van der Waals surface area contributed by atoms with Gasteiger partial charge < -0.3 is 10.2 Å². The molecule has 2 heterocycles. The van der Waals surface area contributed by atoms with Crippen molar-refractivity contribution < 1.29 is 0 Å². The molecule has 2 saturated heterocycles. The molecule has 0 aromatic carbocycles. The maximum atomic E-state index is 3.55. The summed E-state index contributed by atoms with van der Waals surface area (Å²) < 4.78 is 0. The van der Waals surface area contributed by atoms with Crippen molar-refractivity contribution >= 4 is 0 Å². The van der Waals surface area contributed by atoms with E-state index in [9.17, 15) is 0 Å².